The Hall–Kier alpha value is -3.11. The van der Waals surface area contributed by atoms with E-state index < -0.39 is 15.9 Å². The molecule has 1 amide bonds. The first kappa shape index (κ1) is 20.2. The summed E-state index contributed by atoms with van der Waals surface area (Å²) in [5, 5.41) is 10.2. The fourth-order valence-electron chi connectivity index (χ4n) is 3.38. The lowest BCUT2D eigenvalue weighted by Gasteiger charge is -2.32. The summed E-state index contributed by atoms with van der Waals surface area (Å²) < 4.78 is 32.7. The zero-order chi connectivity index (χ0) is 21.1. The number of carbonyl (C=O) groups excluding carboxylic acids is 1. The number of anilines is 1. The van der Waals surface area contributed by atoms with Gasteiger partial charge in [0.2, 0.25) is 10.0 Å². The van der Waals surface area contributed by atoms with Gasteiger partial charge in [-0.05, 0) is 56.2 Å². The van der Waals surface area contributed by atoms with Gasteiger partial charge in [0.05, 0.1) is 4.90 Å². The minimum absolute atomic E-state index is 0.0300. The molecule has 1 atom stereocenters. The topological polar surface area (TPSA) is 118 Å². The molecule has 1 fully saturated rings. The molecule has 156 valence electrons. The van der Waals surface area contributed by atoms with Gasteiger partial charge < -0.3 is 4.42 Å². The van der Waals surface area contributed by atoms with Gasteiger partial charge in [-0.15, -0.1) is 5.10 Å². The summed E-state index contributed by atoms with van der Waals surface area (Å²) in [7, 11) is -3.59. The van der Waals surface area contributed by atoms with Crippen molar-refractivity contribution in [2.24, 2.45) is 0 Å². The number of amides is 1. The Kier molecular flexibility index (Phi) is 5.60. The Morgan fingerprint density at radius 1 is 1.13 bits per heavy atom. The minimum atomic E-state index is -3.59. The highest BCUT2D eigenvalue weighted by atomic mass is 32.2. The van der Waals surface area contributed by atoms with Gasteiger partial charge in [-0.3, -0.25) is 15.1 Å². The first-order valence-corrected chi connectivity index (χ1v) is 11.1. The lowest BCUT2D eigenvalue weighted by molar-refractivity contribution is 0.102. The van der Waals surface area contributed by atoms with Gasteiger partial charge in [0, 0.05) is 24.3 Å². The van der Waals surface area contributed by atoms with Crippen molar-refractivity contribution >= 4 is 21.9 Å². The lowest BCUT2D eigenvalue weighted by atomic mass is 10.1. The minimum Gasteiger partial charge on any atom is -0.401 e. The number of benzene rings is 1. The zero-order valence-electron chi connectivity index (χ0n) is 16.4. The highest BCUT2D eigenvalue weighted by molar-refractivity contribution is 7.89. The van der Waals surface area contributed by atoms with Gasteiger partial charge >= 0.3 is 6.01 Å². The van der Waals surface area contributed by atoms with E-state index in [1.807, 2.05) is 6.92 Å². The molecule has 3 heterocycles. The van der Waals surface area contributed by atoms with Crippen LogP contribution in [0.5, 0.6) is 0 Å². The van der Waals surface area contributed by atoms with Gasteiger partial charge in [0.1, 0.15) is 5.69 Å². The summed E-state index contributed by atoms with van der Waals surface area (Å²) in [4.78, 5) is 16.7. The molecule has 0 spiro atoms. The van der Waals surface area contributed by atoms with E-state index >= 15 is 0 Å². The van der Waals surface area contributed by atoms with Gasteiger partial charge in [-0.2, -0.15) is 4.31 Å². The fourth-order valence-corrected chi connectivity index (χ4v) is 5.08. The monoisotopic (exact) mass is 427 g/mol. The molecule has 0 bridgehead atoms. The van der Waals surface area contributed by atoms with Crippen LogP contribution in [-0.2, 0) is 10.0 Å². The second kappa shape index (κ2) is 8.33. The number of aromatic nitrogens is 3. The van der Waals surface area contributed by atoms with Gasteiger partial charge in [0.15, 0.2) is 0 Å². The number of hydrogen-bond acceptors (Lipinski definition) is 7. The third-order valence-electron chi connectivity index (χ3n) is 4.99. The van der Waals surface area contributed by atoms with Crippen LogP contribution in [0.2, 0.25) is 0 Å². The number of sulfonamides is 1. The van der Waals surface area contributed by atoms with Crippen molar-refractivity contribution in [3.8, 4) is 11.6 Å². The van der Waals surface area contributed by atoms with Crippen molar-refractivity contribution in [3.05, 3.63) is 54.2 Å². The molecule has 3 aromatic rings. The molecule has 1 aliphatic rings. The SMILES string of the molecule is C[C@H]1CCCCN1S(=O)(=O)c1ccc(C(=O)Nc2nnc(-c3ccccn3)o2)cc1. The highest BCUT2D eigenvalue weighted by Crippen LogP contribution is 2.25. The van der Waals surface area contributed by atoms with Crippen LogP contribution in [0.3, 0.4) is 0 Å². The Labute approximate surface area is 174 Å². The zero-order valence-corrected chi connectivity index (χ0v) is 17.2. The first-order chi connectivity index (χ1) is 14.4. The molecule has 0 aliphatic carbocycles. The second-order valence-corrected chi connectivity index (χ2v) is 8.96. The predicted molar refractivity (Wildman–Crippen MR) is 109 cm³/mol. The van der Waals surface area contributed by atoms with Crippen molar-refractivity contribution < 1.29 is 17.6 Å². The Morgan fingerprint density at radius 3 is 2.63 bits per heavy atom. The molecule has 4 rings (SSSR count). The lowest BCUT2D eigenvalue weighted by Crippen LogP contribution is -2.41. The van der Waals surface area contributed by atoms with E-state index in [4.69, 9.17) is 4.42 Å². The molecular weight excluding hydrogens is 406 g/mol. The molecule has 0 saturated carbocycles. The van der Waals surface area contributed by atoms with Crippen LogP contribution < -0.4 is 5.32 Å². The number of carbonyl (C=O) groups is 1. The standard InChI is InChI=1S/C20H21N5O4S/c1-14-6-3-5-13-25(14)30(27,28)16-10-8-15(9-11-16)18(26)22-20-24-23-19(29-20)17-7-2-4-12-21-17/h2,4,7-12,14H,3,5-6,13H2,1H3,(H,22,24,26)/t14-/m0/s1. The normalized spacial score (nSPS) is 17.6. The summed E-state index contributed by atoms with van der Waals surface area (Å²) in [5.74, 6) is -0.301. The van der Waals surface area contributed by atoms with E-state index in [1.54, 1.807) is 24.4 Å². The first-order valence-electron chi connectivity index (χ1n) is 9.63. The Bertz CT molecular complexity index is 1130. The van der Waals surface area contributed by atoms with E-state index in [0.29, 0.717) is 12.2 Å². The average Bonchev–Trinajstić information content (AvgIpc) is 3.23. The maximum absolute atomic E-state index is 12.9. The Balaban J connectivity index is 1.46. The predicted octanol–water partition coefficient (Wildman–Crippen LogP) is 2.95. The molecule has 1 saturated heterocycles. The van der Waals surface area contributed by atoms with Crippen LogP contribution in [-0.4, -0.2) is 46.4 Å². The number of nitrogens with zero attached hydrogens (tertiary/aromatic N) is 4. The van der Waals surface area contributed by atoms with Crippen molar-refractivity contribution in [2.45, 2.75) is 37.1 Å². The molecule has 9 nitrogen and oxygen atoms in total. The Morgan fingerprint density at radius 2 is 1.93 bits per heavy atom. The van der Waals surface area contributed by atoms with E-state index in [2.05, 4.69) is 20.5 Å². The van der Waals surface area contributed by atoms with Crippen LogP contribution in [0.4, 0.5) is 6.01 Å². The summed E-state index contributed by atoms with van der Waals surface area (Å²) in [6.07, 6.45) is 4.33. The molecule has 1 aromatic carbocycles. The molecule has 2 aromatic heterocycles. The van der Waals surface area contributed by atoms with Crippen LogP contribution in [0.25, 0.3) is 11.6 Å². The summed E-state index contributed by atoms with van der Waals surface area (Å²) in [6.45, 7) is 2.43. The third-order valence-corrected chi connectivity index (χ3v) is 7.02. The second-order valence-electron chi connectivity index (χ2n) is 7.07. The third kappa shape index (κ3) is 4.10. The maximum Gasteiger partial charge on any atom is 0.322 e. The summed E-state index contributed by atoms with van der Waals surface area (Å²) >= 11 is 0. The molecule has 0 unspecified atom stereocenters. The van der Waals surface area contributed by atoms with E-state index in [1.165, 1.54) is 28.6 Å². The fraction of sp³-hybridized carbons (Fsp3) is 0.300. The molecular formula is C20H21N5O4S. The molecule has 0 radical (unpaired) electrons. The van der Waals surface area contributed by atoms with Crippen LogP contribution in [0.1, 0.15) is 36.5 Å². The molecule has 10 heteroatoms. The number of pyridine rings is 1. The largest absolute Gasteiger partial charge is 0.401 e. The number of rotatable bonds is 5. The van der Waals surface area contributed by atoms with Crippen LogP contribution in [0.15, 0.2) is 58.0 Å². The molecule has 1 N–H and O–H groups in total. The van der Waals surface area contributed by atoms with E-state index in [9.17, 15) is 13.2 Å². The summed E-state index contributed by atoms with van der Waals surface area (Å²) in [6, 6.07) is 11.0. The highest BCUT2D eigenvalue weighted by Gasteiger charge is 2.31. The van der Waals surface area contributed by atoms with Gasteiger partial charge in [-0.25, -0.2) is 8.42 Å². The average molecular weight is 427 g/mol. The van der Waals surface area contributed by atoms with Crippen molar-refractivity contribution in [1.29, 1.82) is 0 Å². The number of nitrogens with one attached hydrogen (secondary N) is 1. The maximum atomic E-state index is 12.9. The van der Waals surface area contributed by atoms with Gasteiger partial charge in [-0.1, -0.05) is 17.6 Å². The van der Waals surface area contributed by atoms with Crippen molar-refractivity contribution in [3.63, 3.8) is 0 Å². The van der Waals surface area contributed by atoms with E-state index in [-0.39, 0.29) is 28.4 Å². The van der Waals surface area contributed by atoms with E-state index in [0.717, 1.165) is 19.3 Å². The van der Waals surface area contributed by atoms with Gasteiger partial charge in [0.25, 0.3) is 11.8 Å². The quantitative estimate of drug-likeness (QED) is 0.665. The molecule has 30 heavy (non-hydrogen) atoms. The molecule has 1 aliphatic heterocycles. The number of piperidine rings is 1. The van der Waals surface area contributed by atoms with Crippen molar-refractivity contribution in [2.75, 3.05) is 11.9 Å². The number of hydrogen-bond donors (Lipinski definition) is 1. The van der Waals surface area contributed by atoms with Crippen molar-refractivity contribution in [1.82, 2.24) is 19.5 Å². The van der Waals surface area contributed by atoms with Crippen LogP contribution in [0, 0.1) is 0 Å². The smallest absolute Gasteiger partial charge is 0.322 e. The summed E-state index contributed by atoms with van der Waals surface area (Å²) in [5.41, 5.74) is 0.769. The van der Waals surface area contributed by atoms with Crippen LogP contribution >= 0.6 is 0 Å².